The zero-order valence-corrected chi connectivity index (χ0v) is 46.1. The third kappa shape index (κ3) is 13.6. The summed E-state index contributed by atoms with van der Waals surface area (Å²) < 4.78 is 57.3. The third-order valence-electron chi connectivity index (χ3n) is 16.3. The number of hydrogen-bond acceptors (Lipinski definition) is 12. The standard InChI is InChI=1S/C59H84O12Si/c1-14-72(15-2,39(3)4)71-51(34-50(61)41(6)49(60)30-32-57(10)52(68-57)31-33-58(11)53(69-58)38-66-37-46-26-28-48(63-12)29-27-46)42(7)54-43(8)55(67-56(62)47-24-20-17-21-25-47)44(9)59(64-13,70-54)40(5)35-65-36-45-22-18-16-19-23-45/h16-30,32,39-42,44,50-55,61H,8,14-15,31,33-38H2,1-7,9-13H3/b32-30+/t40-,41?,42+,44+,50?,51-,52+,53+,54+,55-,57+,58+,59-/m0/s1. The summed E-state index contributed by atoms with van der Waals surface area (Å²) in [7, 11) is 0.840. The molecule has 0 amide bonds. The Balaban J connectivity index is 1.15. The number of esters is 1. The van der Waals surface area contributed by atoms with E-state index in [2.05, 4.69) is 41.2 Å². The number of allylic oxidation sites excluding steroid dienone is 1. The molecule has 1 N–H and O–H groups in total. The van der Waals surface area contributed by atoms with Gasteiger partial charge >= 0.3 is 5.97 Å². The Morgan fingerprint density at radius 1 is 0.833 bits per heavy atom. The van der Waals surface area contributed by atoms with Crippen LogP contribution in [0.3, 0.4) is 0 Å². The fourth-order valence-corrected chi connectivity index (χ4v) is 14.3. The van der Waals surface area contributed by atoms with Crippen LogP contribution in [-0.4, -0.2) is 106 Å². The van der Waals surface area contributed by atoms with Gasteiger partial charge in [-0.1, -0.05) is 123 Å². The maximum absolute atomic E-state index is 14.0. The molecule has 6 rings (SSSR count). The molecule has 0 aromatic heterocycles. The Hall–Kier alpha value is -4.02. The minimum atomic E-state index is -2.43. The summed E-state index contributed by atoms with van der Waals surface area (Å²) in [4.78, 5) is 27.8. The Morgan fingerprint density at radius 3 is 2.07 bits per heavy atom. The van der Waals surface area contributed by atoms with Crippen LogP contribution in [0.2, 0.25) is 17.6 Å². The number of ketones is 1. The van der Waals surface area contributed by atoms with Crippen LogP contribution in [0.4, 0.5) is 0 Å². The number of methoxy groups -OCH3 is 2. The Kier molecular flexibility index (Phi) is 19.9. The first-order chi connectivity index (χ1) is 34.3. The van der Waals surface area contributed by atoms with Crippen LogP contribution in [0.5, 0.6) is 5.75 Å². The molecule has 0 radical (unpaired) electrons. The van der Waals surface area contributed by atoms with E-state index in [0.717, 1.165) is 41.8 Å². The van der Waals surface area contributed by atoms with Gasteiger partial charge in [0.25, 0.3) is 0 Å². The predicted molar refractivity (Wildman–Crippen MR) is 282 cm³/mol. The van der Waals surface area contributed by atoms with E-state index in [-0.39, 0.29) is 41.5 Å². The molecule has 0 bridgehead atoms. The monoisotopic (exact) mass is 1010 g/mol. The van der Waals surface area contributed by atoms with Gasteiger partial charge in [-0.3, -0.25) is 4.79 Å². The van der Waals surface area contributed by atoms with Crippen molar-refractivity contribution in [1.82, 2.24) is 0 Å². The van der Waals surface area contributed by atoms with Crippen molar-refractivity contribution in [2.75, 3.05) is 27.4 Å². The van der Waals surface area contributed by atoms with Crippen LogP contribution in [-0.2, 0) is 55.6 Å². The highest BCUT2D eigenvalue weighted by Crippen LogP contribution is 2.49. The normalized spacial score (nSPS) is 28.3. The minimum absolute atomic E-state index is 0.0134. The van der Waals surface area contributed by atoms with Crippen molar-refractivity contribution in [3.8, 4) is 5.75 Å². The summed E-state index contributed by atoms with van der Waals surface area (Å²) >= 11 is 0. The second-order valence-electron chi connectivity index (χ2n) is 21.3. The highest BCUT2D eigenvalue weighted by atomic mass is 28.4. The zero-order valence-electron chi connectivity index (χ0n) is 45.1. The lowest BCUT2D eigenvalue weighted by molar-refractivity contribution is -0.331. The second kappa shape index (κ2) is 25.0. The summed E-state index contributed by atoms with van der Waals surface area (Å²) in [5.41, 5.74) is 2.50. The first-order valence-corrected chi connectivity index (χ1v) is 28.6. The van der Waals surface area contributed by atoms with Gasteiger partial charge in [-0.05, 0) is 104 Å². The molecule has 0 saturated carbocycles. The number of hydrogen-bond donors (Lipinski definition) is 1. The minimum Gasteiger partial charge on any atom is -0.497 e. The quantitative estimate of drug-likeness (QED) is 0.0232. The largest absolute Gasteiger partial charge is 0.497 e. The number of carbonyl (C=O) groups is 2. The van der Waals surface area contributed by atoms with Crippen molar-refractivity contribution < 1.29 is 57.0 Å². The molecule has 3 saturated heterocycles. The highest BCUT2D eigenvalue weighted by molar-refractivity contribution is 6.75. The number of aliphatic hydroxyl groups is 1. The lowest BCUT2D eigenvalue weighted by Gasteiger charge is -2.53. The molecule has 3 heterocycles. The van der Waals surface area contributed by atoms with E-state index in [0.29, 0.717) is 37.6 Å². The van der Waals surface area contributed by atoms with Crippen molar-refractivity contribution in [2.24, 2.45) is 23.7 Å². The average Bonchev–Trinajstić information content (AvgIpc) is 4.27. The fourth-order valence-electron chi connectivity index (χ4n) is 10.7. The number of epoxide rings is 2. The Labute approximate surface area is 431 Å². The molecule has 2 unspecified atom stereocenters. The Bertz CT molecular complexity index is 2230. The number of rotatable bonds is 29. The number of aliphatic hydroxyl groups excluding tert-OH is 1. The predicted octanol–water partition coefficient (Wildman–Crippen LogP) is 11.2. The average molecular weight is 1010 g/mol. The molecule has 0 spiro atoms. The van der Waals surface area contributed by atoms with E-state index in [1.165, 1.54) is 0 Å². The molecule has 13 heteroatoms. The van der Waals surface area contributed by atoms with Crippen molar-refractivity contribution >= 4 is 20.1 Å². The van der Waals surface area contributed by atoms with Gasteiger partial charge in [-0.25, -0.2) is 4.79 Å². The molecular weight excluding hydrogens is 929 g/mol. The topological polar surface area (TPSA) is 144 Å². The lowest BCUT2D eigenvalue weighted by atomic mass is 9.75. The Morgan fingerprint density at radius 2 is 1.46 bits per heavy atom. The summed E-state index contributed by atoms with van der Waals surface area (Å²) in [6.45, 7) is 27.0. The second-order valence-corrected chi connectivity index (χ2v) is 26.2. The van der Waals surface area contributed by atoms with Crippen LogP contribution in [0.1, 0.15) is 110 Å². The van der Waals surface area contributed by atoms with Crippen molar-refractivity contribution in [3.05, 3.63) is 126 Å². The molecular formula is C59H84O12Si. The van der Waals surface area contributed by atoms with E-state index in [4.69, 9.17) is 42.3 Å². The molecule has 0 aliphatic carbocycles. The first kappa shape index (κ1) is 57.3. The van der Waals surface area contributed by atoms with E-state index < -0.39 is 67.8 Å². The van der Waals surface area contributed by atoms with Crippen LogP contribution < -0.4 is 4.74 Å². The van der Waals surface area contributed by atoms with Crippen molar-refractivity contribution in [3.63, 3.8) is 0 Å². The van der Waals surface area contributed by atoms with Crippen LogP contribution in [0.25, 0.3) is 0 Å². The number of benzene rings is 3. The summed E-state index contributed by atoms with van der Waals surface area (Å²) in [6, 6.07) is 28.5. The molecule has 13 atom stereocenters. The number of carbonyl (C=O) groups excluding carboxylic acids is 2. The van der Waals surface area contributed by atoms with E-state index in [1.54, 1.807) is 51.5 Å². The summed E-state index contributed by atoms with van der Waals surface area (Å²) in [5, 5.41) is 12.1. The molecule has 396 valence electrons. The molecule has 3 aromatic rings. The molecule has 3 aliphatic rings. The van der Waals surface area contributed by atoms with Gasteiger partial charge < -0.3 is 47.4 Å². The van der Waals surface area contributed by atoms with Gasteiger partial charge in [0.1, 0.15) is 23.6 Å². The molecule has 12 nitrogen and oxygen atoms in total. The van der Waals surface area contributed by atoms with Crippen LogP contribution >= 0.6 is 0 Å². The van der Waals surface area contributed by atoms with Crippen LogP contribution in [0.15, 0.2) is 109 Å². The molecule has 72 heavy (non-hydrogen) atoms. The maximum Gasteiger partial charge on any atom is 0.338 e. The zero-order chi connectivity index (χ0) is 52.4. The van der Waals surface area contributed by atoms with Crippen molar-refractivity contribution in [2.45, 2.75) is 173 Å². The molecule has 3 aromatic carbocycles. The number of ether oxygens (including phenoxy) is 8. The molecule has 3 fully saturated rings. The molecule has 3 aliphatic heterocycles. The summed E-state index contributed by atoms with van der Waals surface area (Å²) in [6.07, 6.45) is 1.93. The van der Waals surface area contributed by atoms with E-state index in [1.807, 2.05) is 94.4 Å². The van der Waals surface area contributed by atoms with E-state index in [9.17, 15) is 14.7 Å². The van der Waals surface area contributed by atoms with Crippen LogP contribution in [0, 0.1) is 23.7 Å². The van der Waals surface area contributed by atoms with E-state index >= 15 is 0 Å². The first-order valence-electron chi connectivity index (χ1n) is 26.2. The van der Waals surface area contributed by atoms with Gasteiger partial charge in [-0.2, -0.15) is 0 Å². The fraction of sp³-hybridized carbons (Fsp3) is 0.593. The summed E-state index contributed by atoms with van der Waals surface area (Å²) in [5.74, 6) is -3.15. The van der Waals surface area contributed by atoms with Gasteiger partial charge in [0.2, 0.25) is 0 Å². The maximum atomic E-state index is 14.0. The third-order valence-corrected chi connectivity index (χ3v) is 21.5. The van der Waals surface area contributed by atoms with Gasteiger partial charge in [0, 0.05) is 24.9 Å². The van der Waals surface area contributed by atoms with Gasteiger partial charge in [-0.15, -0.1) is 0 Å². The van der Waals surface area contributed by atoms with Gasteiger partial charge in [0.05, 0.1) is 75.0 Å². The highest BCUT2D eigenvalue weighted by Gasteiger charge is 2.58. The van der Waals surface area contributed by atoms with Gasteiger partial charge in [0.15, 0.2) is 19.9 Å². The SMILES string of the molecule is C=C1[C@@H]([C@H](C)[C@H](CC(O)C(C)C(=O)/C=C/[C@@]2(C)O[C@@H]2CC[C@@]2(C)O[C@@H]2COCc2ccc(OC)cc2)O[Si](CC)(CC)C(C)C)O[C@@](OC)([C@@H](C)COCc2ccccc2)[C@H](C)[C@H]1OC(=O)c1ccccc1. The van der Waals surface area contributed by atoms with Crippen molar-refractivity contribution in [1.29, 1.82) is 0 Å². The smallest absolute Gasteiger partial charge is 0.338 e. The lowest BCUT2D eigenvalue weighted by Crippen LogP contribution is -2.62.